The highest BCUT2D eigenvalue weighted by Crippen LogP contribution is 2.17. The summed E-state index contributed by atoms with van der Waals surface area (Å²) in [5.74, 6) is 0.372. The molecule has 0 aliphatic heterocycles. The second kappa shape index (κ2) is 8.97. The number of aliphatic hydroxyl groups excluding tert-OH is 2. The van der Waals surface area contributed by atoms with Crippen LogP contribution in [-0.2, 0) is 11.3 Å². The van der Waals surface area contributed by atoms with Crippen LogP contribution in [0.15, 0.2) is 54.6 Å². The second-order valence-corrected chi connectivity index (χ2v) is 5.20. The molecule has 2 rings (SSSR count). The molecule has 2 aromatic rings. The molecule has 0 saturated carbocycles. The average molecular weight is 333 g/mol. The van der Waals surface area contributed by atoms with Gasteiger partial charge in [0, 0.05) is 12.1 Å². The maximum Gasteiger partial charge on any atom is 0.269 e. The van der Waals surface area contributed by atoms with E-state index in [4.69, 9.17) is 9.47 Å². The molecule has 0 aliphatic rings. The van der Waals surface area contributed by atoms with Crippen molar-refractivity contribution in [2.75, 3.05) is 13.2 Å². The van der Waals surface area contributed by atoms with Crippen molar-refractivity contribution < 1.29 is 24.6 Å². The van der Waals surface area contributed by atoms with Gasteiger partial charge in [-0.1, -0.05) is 30.3 Å². The summed E-state index contributed by atoms with van der Waals surface area (Å²) in [5.41, 5.74) is 0.929. The van der Waals surface area contributed by atoms with Crippen molar-refractivity contribution in [3.8, 4) is 5.75 Å². The Balaban J connectivity index is 1.71. The van der Waals surface area contributed by atoms with E-state index in [9.17, 15) is 20.3 Å². The number of benzene rings is 2. The van der Waals surface area contributed by atoms with Crippen molar-refractivity contribution in [2.45, 2.75) is 18.8 Å². The first kappa shape index (κ1) is 17.9. The number of nitrogens with zero attached hydrogens (tertiary/aromatic N) is 1. The summed E-state index contributed by atoms with van der Waals surface area (Å²) in [7, 11) is 0. The molecule has 0 saturated heterocycles. The van der Waals surface area contributed by atoms with Gasteiger partial charge < -0.3 is 19.7 Å². The van der Waals surface area contributed by atoms with Crippen LogP contribution in [0.4, 0.5) is 5.69 Å². The standard InChI is InChI=1S/C17H19NO6/c19-16(11-23-10-13-4-2-1-3-5-13)17(20)12-24-15-8-6-14(7-9-15)18(21)22/h1-9,16-17,19-20H,10-12H2/t16-,17+/m1/s1. The minimum Gasteiger partial charge on any atom is -0.491 e. The van der Waals surface area contributed by atoms with Gasteiger partial charge in [-0.3, -0.25) is 10.1 Å². The SMILES string of the molecule is O=[N+]([O-])c1ccc(OC[C@H](O)[C@H](O)COCc2ccccc2)cc1. The van der Waals surface area contributed by atoms with Crippen LogP contribution in [0.1, 0.15) is 5.56 Å². The zero-order chi connectivity index (χ0) is 17.4. The summed E-state index contributed by atoms with van der Waals surface area (Å²) in [4.78, 5) is 10.0. The van der Waals surface area contributed by atoms with Crippen LogP contribution in [0.2, 0.25) is 0 Å². The number of rotatable bonds is 9. The fourth-order valence-corrected chi connectivity index (χ4v) is 1.94. The summed E-state index contributed by atoms with van der Waals surface area (Å²) in [6.07, 6.45) is -2.22. The van der Waals surface area contributed by atoms with Gasteiger partial charge in [0.1, 0.15) is 24.6 Å². The number of aliphatic hydroxyl groups is 2. The van der Waals surface area contributed by atoms with E-state index in [1.807, 2.05) is 30.3 Å². The van der Waals surface area contributed by atoms with E-state index in [-0.39, 0.29) is 18.9 Å². The highest BCUT2D eigenvalue weighted by atomic mass is 16.6. The van der Waals surface area contributed by atoms with Gasteiger partial charge in [-0.05, 0) is 17.7 Å². The molecule has 2 N–H and O–H groups in total. The molecule has 0 heterocycles. The zero-order valence-corrected chi connectivity index (χ0v) is 12.9. The molecule has 0 fully saturated rings. The molecule has 7 nitrogen and oxygen atoms in total. The zero-order valence-electron chi connectivity index (χ0n) is 12.9. The summed E-state index contributed by atoms with van der Waals surface area (Å²) in [5, 5.41) is 30.3. The number of ether oxygens (including phenoxy) is 2. The Labute approximate surface area is 139 Å². The van der Waals surface area contributed by atoms with E-state index in [1.54, 1.807) is 0 Å². The molecule has 24 heavy (non-hydrogen) atoms. The van der Waals surface area contributed by atoms with E-state index < -0.39 is 17.1 Å². The summed E-state index contributed by atoms with van der Waals surface area (Å²) >= 11 is 0. The molecule has 0 spiro atoms. The van der Waals surface area contributed by atoms with Crippen molar-refractivity contribution >= 4 is 5.69 Å². The fraction of sp³-hybridized carbons (Fsp3) is 0.294. The second-order valence-electron chi connectivity index (χ2n) is 5.20. The molecule has 2 atom stereocenters. The van der Waals surface area contributed by atoms with Crippen LogP contribution < -0.4 is 4.74 Å². The molecule has 128 valence electrons. The van der Waals surface area contributed by atoms with Gasteiger partial charge >= 0.3 is 0 Å². The van der Waals surface area contributed by atoms with Gasteiger partial charge in [-0.2, -0.15) is 0 Å². The van der Waals surface area contributed by atoms with Crippen molar-refractivity contribution in [1.82, 2.24) is 0 Å². The monoisotopic (exact) mass is 333 g/mol. The van der Waals surface area contributed by atoms with Gasteiger partial charge in [0.2, 0.25) is 0 Å². The van der Waals surface area contributed by atoms with Crippen LogP contribution in [-0.4, -0.2) is 40.6 Å². The van der Waals surface area contributed by atoms with Gasteiger partial charge in [0.05, 0.1) is 18.1 Å². The number of non-ortho nitro benzene ring substituents is 1. The van der Waals surface area contributed by atoms with E-state index in [1.165, 1.54) is 24.3 Å². The van der Waals surface area contributed by atoms with Crippen molar-refractivity contribution in [3.63, 3.8) is 0 Å². The molecule has 7 heteroatoms. The first-order valence-corrected chi connectivity index (χ1v) is 7.41. The maximum atomic E-state index is 10.5. The Hall–Kier alpha value is -2.48. The molecule has 0 aliphatic carbocycles. The lowest BCUT2D eigenvalue weighted by atomic mass is 10.2. The third-order valence-electron chi connectivity index (χ3n) is 3.31. The minimum absolute atomic E-state index is 0.0281. The molecule has 0 aromatic heterocycles. The Morgan fingerprint density at radius 3 is 2.21 bits per heavy atom. The highest BCUT2D eigenvalue weighted by molar-refractivity contribution is 5.35. The van der Waals surface area contributed by atoms with Crippen LogP contribution in [0, 0.1) is 10.1 Å². The number of nitro benzene ring substituents is 1. The van der Waals surface area contributed by atoms with Crippen LogP contribution >= 0.6 is 0 Å². The first-order valence-electron chi connectivity index (χ1n) is 7.41. The third-order valence-corrected chi connectivity index (χ3v) is 3.31. The summed E-state index contributed by atoms with van der Waals surface area (Å²) in [6, 6.07) is 15.0. The van der Waals surface area contributed by atoms with E-state index >= 15 is 0 Å². The lowest BCUT2D eigenvalue weighted by Gasteiger charge is -2.18. The molecular formula is C17H19NO6. The topological polar surface area (TPSA) is 102 Å². The van der Waals surface area contributed by atoms with Crippen molar-refractivity contribution in [1.29, 1.82) is 0 Å². The van der Waals surface area contributed by atoms with Gasteiger partial charge in [-0.25, -0.2) is 0 Å². The lowest BCUT2D eigenvalue weighted by molar-refractivity contribution is -0.384. The lowest BCUT2D eigenvalue weighted by Crippen LogP contribution is -2.35. The predicted molar refractivity (Wildman–Crippen MR) is 86.7 cm³/mol. The maximum absolute atomic E-state index is 10.5. The number of nitro groups is 1. The molecule has 0 bridgehead atoms. The van der Waals surface area contributed by atoms with Crippen molar-refractivity contribution in [3.05, 3.63) is 70.3 Å². The van der Waals surface area contributed by atoms with E-state index in [0.717, 1.165) is 5.56 Å². The predicted octanol–water partition coefficient (Wildman–Crippen LogP) is 1.91. The normalized spacial score (nSPS) is 13.2. The molecule has 0 amide bonds. The average Bonchev–Trinajstić information content (AvgIpc) is 2.60. The smallest absolute Gasteiger partial charge is 0.269 e. The van der Waals surface area contributed by atoms with Gasteiger partial charge in [0.15, 0.2) is 0 Å². The Morgan fingerprint density at radius 1 is 0.958 bits per heavy atom. The summed E-state index contributed by atoms with van der Waals surface area (Å²) < 4.78 is 10.7. The minimum atomic E-state index is -1.13. The quantitative estimate of drug-likeness (QED) is 0.537. The Morgan fingerprint density at radius 2 is 1.58 bits per heavy atom. The number of hydrogen-bond donors (Lipinski definition) is 2. The van der Waals surface area contributed by atoms with Gasteiger partial charge in [-0.15, -0.1) is 0 Å². The molecule has 2 aromatic carbocycles. The third kappa shape index (κ3) is 5.62. The van der Waals surface area contributed by atoms with Crippen LogP contribution in [0.25, 0.3) is 0 Å². The Bertz CT molecular complexity index is 631. The number of hydrogen-bond acceptors (Lipinski definition) is 6. The first-order chi connectivity index (χ1) is 11.6. The van der Waals surface area contributed by atoms with Crippen LogP contribution in [0.3, 0.4) is 0 Å². The molecular weight excluding hydrogens is 314 g/mol. The Kier molecular flexibility index (Phi) is 6.68. The molecule has 0 radical (unpaired) electrons. The fourth-order valence-electron chi connectivity index (χ4n) is 1.94. The molecule has 0 unspecified atom stereocenters. The van der Waals surface area contributed by atoms with Crippen LogP contribution in [0.5, 0.6) is 5.75 Å². The largest absolute Gasteiger partial charge is 0.491 e. The van der Waals surface area contributed by atoms with Gasteiger partial charge in [0.25, 0.3) is 5.69 Å². The highest BCUT2D eigenvalue weighted by Gasteiger charge is 2.17. The van der Waals surface area contributed by atoms with E-state index in [0.29, 0.717) is 12.4 Å². The van der Waals surface area contributed by atoms with Crippen molar-refractivity contribution in [2.24, 2.45) is 0 Å². The van der Waals surface area contributed by atoms with E-state index in [2.05, 4.69) is 0 Å². The summed E-state index contributed by atoms with van der Waals surface area (Å²) in [6.45, 7) is 0.168.